The third-order valence-electron chi connectivity index (χ3n) is 9.68. The van der Waals surface area contributed by atoms with E-state index in [1.807, 2.05) is 6.20 Å². The van der Waals surface area contributed by atoms with Gasteiger partial charge in [-0.2, -0.15) is 10.1 Å². The molecule has 2 saturated carbocycles. The van der Waals surface area contributed by atoms with E-state index in [-0.39, 0.29) is 5.95 Å². The lowest BCUT2D eigenvalue weighted by Crippen LogP contribution is -2.55. The number of aliphatic hydroxyl groups excluding tert-OH is 1. The van der Waals surface area contributed by atoms with Gasteiger partial charge in [-0.3, -0.25) is 9.67 Å². The van der Waals surface area contributed by atoms with E-state index in [2.05, 4.69) is 39.9 Å². The van der Waals surface area contributed by atoms with Crippen LogP contribution >= 0.6 is 0 Å². The molecule has 2 aliphatic carbocycles. The van der Waals surface area contributed by atoms with Gasteiger partial charge in [-0.05, 0) is 86.9 Å². The zero-order valence-corrected chi connectivity index (χ0v) is 25.1. The second-order valence-electron chi connectivity index (χ2n) is 12.6. The number of anilines is 2. The van der Waals surface area contributed by atoms with Crippen LogP contribution in [-0.2, 0) is 6.54 Å². The van der Waals surface area contributed by atoms with E-state index in [4.69, 9.17) is 26.3 Å². The Morgan fingerprint density at radius 2 is 1.88 bits per heavy atom. The monoisotopic (exact) mass is 564 g/mol. The number of aliphatic hydroxyl groups is 1. The fourth-order valence-corrected chi connectivity index (χ4v) is 7.05. The molecule has 3 fully saturated rings. The third-order valence-corrected chi connectivity index (χ3v) is 9.68. The van der Waals surface area contributed by atoms with Crippen LogP contribution in [0.2, 0.25) is 0 Å². The molecule has 6 rings (SSSR count). The summed E-state index contributed by atoms with van der Waals surface area (Å²) < 4.78 is 7.47. The van der Waals surface area contributed by atoms with Gasteiger partial charge in [0.1, 0.15) is 22.5 Å². The quantitative estimate of drug-likeness (QED) is 0.335. The third kappa shape index (κ3) is 6.59. The minimum Gasteiger partial charge on any atom is -0.495 e. The summed E-state index contributed by atoms with van der Waals surface area (Å²) in [6.07, 6.45) is 16.8. The fraction of sp³-hybridized carbons (Fsp3) is 0.677. The molecule has 4 heterocycles. The second kappa shape index (κ2) is 12.9. The number of aromatic nitrogens is 5. The van der Waals surface area contributed by atoms with Crippen molar-refractivity contribution < 1.29 is 9.84 Å². The van der Waals surface area contributed by atoms with E-state index >= 15 is 0 Å². The lowest BCUT2D eigenvalue weighted by Gasteiger charge is -2.58. The first kappa shape index (κ1) is 29.5. The summed E-state index contributed by atoms with van der Waals surface area (Å²) in [5.41, 5.74) is 15.9. The Balaban J connectivity index is 0.000000372. The molecule has 3 aliphatic rings. The second-order valence-corrected chi connectivity index (χ2v) is 12.6. The summed E-state index contributed by atoms with van der Waals surface area (Å²) in [5, 5.41) is 12.9. The predicted octanol–water partition coefficient (Wildman–Crippen LogP) is 4.76. The van der Waals surface area contributed by atoms with Gasteiger partial charge < -0.3 is 26.2 Å². The van der Waals surface area contributed by atoms with Gasteiger partial charge in [0.05, 0.1) is 19.9 Å². The number of methoxy groups -OCH3 is 1. The lowest BCUT2D eigenvalue weighted by atomic mass is 9.53. The number of rotatable bonds is 9. The van der Waals surface area contributed by atoms with E-state index in [1.165, 1.54) is 76.4 Å². The molecule has 0 aromatic carbocycles. The SMILES string of the molecule is CCCC(C)CCO.COc1cc(C2CCN(C3CC4(CCC4)C3)CC2)cnc1Cn1ncc2nc(N)nc(N)c21. The maximum atomic E-state index is 8.46. The van der Waals surface area contributed by atoms with Crippen LogP contribution in [0.25, 0.3) is 11.0 Å². The van der Waals surface area contributed by atoms with E-state index in [0.29, 0.717) is 41.8 Å². The van der Waals surface area contributed by atoms with Crippen molar-refractivity contribution in [3.63, 3.8) is 0 Å². The van der Waals surface area contributed by atoms with Crippen molar-refractivity contribution in [3.05, 3.63) is 29.7 Å². The average molecular weight is 565 g/mol. The molecule has 0 amide bonds. The van der Waals surface area contributed by atoms with Crippen molar-refractivity contribution in [1.29, 1.82) is 0 Å². The van der Waals surface area contributed by atoms with Crippen molar-refractivity contribution in [2.24, 2.45) is 11.3 Å². The summed E-state index contributed by atoms with van der Waals surface area (Å²) in [4.78, 5) is 15.8. The molecular formula is C31H48N8O2. The molecule has 1 atom stereocenters. The number of piperidine rings is 1. The van der Waals surface area contributed by atoms with Crippen molar-refractivity contribution in [3.8, 4) is 5.75 Å². The van der Waals surface area contributed by atoms with Crippen molar-refractivity contribution in [2.45, 2.75) is 96.6 Å². The molecular weight excluding hydrogens is 516 g/mol. The molecule has 0 radical (unpaired) electrons. The van der Waals surface area contributed by atoms with Gasteiger partial charge in [0.2, 0.25) is 5.95 Å². The van der Waals surface area contributed by atoms with Gasteiger partial charge in [-0.15, -0.1) is 0 Å². The fourth-order valence-electron chi connectivity index (χ4n) is 7.05. The van der Waals surface area contributed by atoms with E-state index in [1.54, 1.807) is 18.0 Å². The highest BCUT2D eigenvalue weighted by atomic mass is 16.5. The molecule has 10 nitrogen and oxygen atoms in total. The topological polar surface area (TPSA) is 141 Å². The molecule has 10 heteroatoms. The Hall–Kier alpha value is -2.98. The number of nitrogens with two attached hydrogens (primary N) is 2. The molecule has 1 saturated heterocycles. The molecule has 0 bridgehead atoms. The zero-order valence-electron chi connectivity index (χ0n) is 25.1. The van der Waals surface area contributed by atoms with Gasteiger partial charge in [-0.1, -0.05) is 33.1 Å². The van der Waals surface area contributed by atoms with Gasteiger partial charge in [0.15, 0.2) is 5.82 Å². The number of nitrogens with zero attached hydrogens (tertiary/aromatic N) is 6. The number of likely N-dealkylation sites (tertiary alicyclic amines) is 1. The number of nitrogen functional groups attached to an aromatic ring is 2. The first-order valence-corrected chi connectivity index (χ1v) is 15.5. The summed E-state index contributed by atoms with van der Waals surface area (Å²) in [6.45, 7) is 7.51. The maximum Gasteiger partial charge on any atom is 0.222 e. The smallest absolute Gasteiger partial charge is 0.222 e. The lowest BCUT2D eigenvalue weighted by molar-refractivity contribution is -0.0611. The van der Waals surface area contributed by atoms with E-state index < -0.39 is 0 Å². The van der Waals surface area contributed by atoms with Gasteiger partial charge in [-0.25, -0.2) is 4.98 Å². The van der Waals surface area contributed by atoms with Crippen LogP contribution in [0.4, 0.5) is 11.8 Å². The Kier molecular flexibility index (Phi) is 9.28. The minimum absolute atomic E-state index is 0.144. The number of fused-ring (bicyclic) bond motifs is 1. The van der Waals surface area contributed by atoms with Gasteiger partial charge in [0, 0.05) is 18.8 Å². The summed E-state index contributed by atoms with van der Waals surface area (Å²) in [7, 11) is 1.69. The minimum atomic E-state index is 0.144. The largest absolute Gasteiger partial charge is 0.495 e. The van der Waals surface area contributed by atoms with Crippen molar-refractivity contribution in [2.75, 3.05) is 38.3 Å². The zero-order chi connectivity index (χ0) is 29.0. The molecule has 1 aliphatic heterocycles. The Labute approximate surface area is 243 Å². The summed E-state index contributed by atoms with van der Waals surface area (Å²) >= 11 is 0. The van der Waals surface area contributed by atoms with Crippen molar-refractivity contribution in [1.82, 2.24) is 29.6 Å². The van der Waals surface area contributed by atoms with Crippen LogP contribution < -0.4 is 16.2 Å². The number of hydrogen-bond donors (Lipinski definition) is 3. The number of ether oxygens (including phenoxy) is 1. The Morgan fingerprint density at radius 3 is 2.51 bits per heavy atom. The van der Waals surface area contributed by atoms with Crippen molar-refractivity contribution >= 4 is 22.8 Å². The average Bonchev–Trinajstić information content (AvgIpc) is 3.31. The number of hydrogen-bond acceptors (Lipinski definition) is 9. The van der Waals surface area contributed by atoms with Gasteiger partial charge >= 0.3 is 0 Å². The molecule has 41 heavy (non-hydrogen) atoms. The van der Waals surface area contributed by atoms with Crippen LogP contribution in [0, 0.1) is 11.3 Å². The van der Waals surface area contributed by atoms with E-state index in [9.17, 15) is 0 Å². The maximum absolute atomic E-state index is 8.46. The molecule has 224 valence electrons. The molecule has 1 unspecified atom stereocenters. The molecule has 3 aromatic rings. The first-order chi connectivity index (χ1) is 19.8. The molecule has 5 N–H and O–H groups in total. The van der Waals surface area contributed by atoms with Crippen LogP contribution in [0.5, 0.6) is 5.75 Å². The van der Waals surface area contributed by atoms with Crippen LogP contribution in [-0.4, -0.2) is 67.6 Å². The predicted molar refractivity (Wildman–Crippen MR) is 163 cm³/mol. The summed E-state index contributed by atoms with van der Waals surface area (Å²) in [6, 6.07) is 2.98. The Bertz CT molecular complexity index is 1280. The molecule has 3 aromatic heterocycles. The normalized spacial score (nSPS) is 19.8. The highest BCUT2D eigenvalue weighted by Crippen LogP contribution is 2.57. The molecule has 1 spiro atoms. The van der Waals surface area contributed by atoms with Crippen LogP contribution in [0.3, 0.4) is 0 Å². The highest BCUT2D eigenvalue weighted by molar-refractivity contribution is 5.85. The van der Waals surface area contributed by atoms with Gasteiger partial charge in [0.25, 0.3) is 0 Å². The van der Waals surface area contributed by atoms with Crippen LogP contribution in [0.15, 0.2) is 18.5 Å². The number of pyridine rings is 1. The Morgan fingerprint density at radius 1 is 1.12 bits per heavy atom. The standard InChI is InChI=1S/C24H32N8O.C7H16O/c1-33-20-9-16(15-3-7-31(8-4-15)17-10-24(11-17)5-2-6-24)12-27-19(20)14-32-21-18(13-28-32)29-23(26)30-22(21)25;1-3-4-7(2)5-6-8/h9,12-13,15,17H,2-8,10-11,14H2,1H3,(H4,25,26,29,30);7-8H,3-6H2,1-2H3. The van der Waals surface area contributed by atoms with E-state index in [0.717, 1.165) is 29.3 Å². The first-order valence-electron chi connectivity index (χ1n) is 15.5. The summed E-state index contributed by atoms with van der Waals surface area (Å²) in [5.74, 6) is 2.48. The van der Waals surface area contributed by atoms with Crippen LogP contribution in [0.1, 0.15) is 95.2 Å². The highest BCUT2D eigenvalue weighted by Gasteiger charge is 2.50.